The largest absolute Gasteiger partial charge is 0.508 e. The minimum Gasteiger partial charge on any atom is -0.508 e. The van der Waals surface area contributed by atoms with E-state index in [1.165, 1.54) is 23.1 Å². The highest BCUT2D eigenvalue weighted by molar-refractivity contribution is 5.92. The van der Waals surface area contributed by atoms with Gasteiger partial charge in [0.05, 0.1) is 6.61 Å². The van der Waals surface area contributed by atoms with Crippen molar-refractivity contribution in [2.24, 2.45) is 0 Å². The summed E-state index contributed by atoms with van der Waals surface area (Å²) in [5.74, 6) is -1.01. The number of aliphatic hydroxyl groups is 1. The Morgan fingerprint density at radius 2 is 1.79 bits per heavy atom. The normalized spacial score (nSPS) is 16.1. The molecule has 1 aliphatic rings. The number of aliphatic hydroxyl groups excluding tert-OH is 1. The van der Waals surface area contributed by atoms with Crippen LogP contribution >= 0.6 is 0 Å². The van der Waals surface area contributed by atoms with Gasteiger partial charge in [-0.2, -0.15) is 0 Å². The van der Waals surface area contributed by atoms with Gasteiger partial charge < -0.3 is 30.5 Å². The fourth-order valence-corrected chi connectivity index (χ4v) is 3.95. The van der Waals surface area contributed by atoms with Gasteiger partial charge in [0.1, 0.15) is 23.4 Å². The fraction of sp³-hybridized carbons (Fsp3) is 0.560. The molecular weight excluding hydrogens is 438 g/mol. The van der Waals surface area contributed by atoms with Crippen LogP contribution in [0.15, 0.2) is 36.9 Å². The lowest BCUT2D eigenvalue weighted by Gasteiger charge is -2.34. The van der Waals surface area contributed by atoms with Crippen LogP contribution in [0.2, 0.25) is 0 Å². The maximum absolute atomic E-state index is 13.5. The number of hydrogen-bond donors (Lipinski definition) is 4. The molecule has 0 spiro atoms. The van der Waals surface area contributed by atoms with Crippen LogP contribution in [-0.2, 0) is 14.3 Å². The Morgan fingerprint density at radius 3 is 2.32 bits per heavy atom. The molecule has 1 aromatic carbocycles. The van der Waals surface area contributed by atoms with E-state index in [0.717, 1.165) is 32.1 Å². The maximum Gasteiger partial charge on any atom is 0.408 e. The number of carbonyl (C=O) groups excluding carboxylic acids is 3. The highest BCUT2D eigenvalue weighted by Crippen LogP contribution is 2.26. The molecule has 0 aromatic heterocycles. The van der Waals surface area contributed by atoms with Gasteiger partial charge in [-0.15, -0.1) is 6.58 Å². The summed E-state index contributed by atoms with van der Waals surface area (Å²) in [4.78, 5) is 40.4. The van der Waals surface area contributed by atoms with Crippen molar-refractivity contribution in [2.45, 2.75) is 76.6 Å². The average Bonchev–Trinajstić information content (AvgIpc) is 2.77. The molecule has 2 unspecified atom stereocenters. The predicted octanol–water partition coefficient (Wildman–Crippen LogP) is 2.78. The first-order chi connectivity index (χ1) is 16.1. The van der Waals surface area contributed by atoms with E-state index < -0.39 is 36.3 Å². The molecule has 188 valence electrons. The Bertz CT molecular complexity index is 843. The first-order valence-corrected chi connectivity index (χ1v) is 11.7. The van der Waals surface area contributed by atoms with Crippen LogP contribution < -0.4 is 10.6 Å². The van der Waals surface area contributed by atoms with E-state index in [1.54, 1.807) is 32.9 Å². The first kappa shape index (κ1) is 27.2. The minimum atomic E-state index is -1.32. The van der Waals surface area contributed by atoms with Crippen molar-refractivity contribution in [1.29, 1.82) is 0 Å². The van der Waals surface area contributed by atoms with Crippen molar-refractivity contribution >= 4 is 17.9 Å². The number of nitrogens with zero attached hydrogens (tertiary/aromatic N) is 1. The second-order valence-corrected chi connectivity index (χ2v) is 9.50. The summed E-state index contributed by atoms with van der Waals surface area (Å²) < 4.78 is 5.21. The standard InChI is InChI=1S/C25H37N3O6/c1-5-15-28(23(32)20(16-29)27-24(33)34-25(2,3)4)21(17-11-13-19(30)14-12-17)22(31)26-18-9-7-6-8-10-18/h5,11-14,18,20-21,29-30H,1,6-10,15-16H2,2-4H3,(H,26,31)(H,27,33). The average molecular weight is 476 g/mol. The van der Waals surface area contributed by atoms with Gasteiger partial charge in [-0.25, -0.2) is 4.79 Å². The molecule has 0 saturated heterocycles. The van der Waals surface area contributed by atoms with Gasteiger partial charge in [0.25, 0.3) is 0 Å². The van der Waals surface area contributed by atoms with Crippen LogP contribution in [0.4, 0.5) is 4.79 Å². The van der Waals surface area contributed by atoms with Crippen molar-refractivity contribution in [2.75, 3.05) is 13.2 Å². The van der Waals surface area contributed by atoms with Crippen LogP contribution in [0.1, 0.15) is 64.5 Å². The quantitative estimate of drug-likeness (QED) is 0.407. The van der Waals surface area contributed by atoms with Crippen molar-refractivity contribution in [3.63, 3.8) is 0 Å². The number of benzene rings is 1. The van der Waals surface area contributed by atoms with E-state index in [1.807, 2.05) is 0 Å². The number of amides is 3. The molecule has 1 aliphatic carbocycles. The topological polar surface area (TPSA) is 128 Å². The van der Waals surface area contributed by atoms with Gasteiger partial charge in [0, 0.05) is 12.6 Å². The number of alkyl carbamates (subject to hydrolysis) is 1. The third-order valence-corrected chi connectivity index (χ3v) is 5.50. The van der Waals surface area contributed by atoms with Gasteiger partial charge in [-0.3, -0.25) is 9.59 Å². The fourth-order valence-electron chi connectivity index (χ4n) is 3.95. The third-order valence-electron chi connectivity index (χ3n) is 5.50. The van der Waals surface area contributed by atoms with Crippen molar-refractivity contribution in [3.05, 3.63) is 42.5 Å². The van der Waals surface area contributed by atoms with Gasteiger partial charge in [0.15, 0.2) is 0 Å². The lowest BCUT2D eigenvalue weighted by molar-refractivity contribution is -0.143. The van der Waals surface area contributed by atoms with Crippen molar-refractivity contribution in [3.8, 4) is 5.75 Å². The van der Waals surface area contributed by atoms with Crippen LogP contribution in [0.5, 0.6) is 5.75 Å². The van der Waals surface area contributed by atoms with Crippen LogP contribution in [0.25, 0.3) is 0 Å². The zero-order chi connectivity index (χ0) is 25.3. The molecule has 34 heavy (non-hydrogen) atoms. The van der Waals surface area contributed by atoms with E-state index in [2.05, 4.69) is 17.2 Å². The number of phenolic OH excluding ortho intramolecular Hbond substituents is 1. The van der Waals surface area contributed by atoms with E-state index in [-0.39, 0.29) is 24.2 Å². The summed E-state index contributed by atoms with van der Waals surface area (Å²) in [5, 5.41) is 25.0. The third kappa shape index (κ3) is 8.06. The number of nitrogens with one attached hydrogen (secondary N) is 2. The number of hydrogen-bond acceptors (Lipinski definition) is 6. The van der Waals surface area contributed by atoms with Gasteiger partial charge in [0.2, 0.25) is 11.8 Å². The molecule has 1 aromatic rings. The number of carbonyl (C=O) groups is 3. The number of phenols is 1. The summed E-state index contributed by atoms with van der Waals surface area (Å²) in [6, 6.07) is 3.65. The van der Waals surface area contributed by atoms with Crippen LogP contribution in [-0.4, -0.2) is 63.9 Å². The molecular formula is C25H37N3O6. The van der Waals surface area contributed by atoms with E-state index in [4.69, 9.17) is 4.74 Å². The molecule has 0 bridgehead atoms. The molecule has 4 N–H and O–H groups in total. The predicted molar refractivity (Wildman–Crippen MR) is 128 cm³/mol. The zero-order valence-electron chi connectivity index (χ0n) is 20.3. The Hall–Kier alpha value is -3.07. The van der Waals surface area contributed by atoms with E-state index >= 15 is 0 Å². The monoisotopic (exact) mass is 475 g/mol. The summed E-state index contributed by atoms with van der Waals surface area (Å²) in [5.41, 5.74) is -0.308. The Balaban J connectivity index is 2.34. The highest BCUT2D eigenvalue weighted by atomic mass is 16.6. The number of aromatic hydroxyl groups is 1. The van der Waals surface area contributed by atoms with E-state index in [0.29, 0.717) is 5.56 Å². The summed E-state index contributed by atoms with van der Waals surface area (Å²) in [6.07, 6.45) is 5.52. The first-order valence-electron chi connectivity index (χ1n) is 11.7. The molecule has 2 rings (SSSR count). The van der Waals surface area contributed by atoms with Gasteiger partial charge in [-0.1, -0.05) is 37.5 Å². The Labute approximate surface area is 201 Å². The van der Waals surface area contributed by atoms with Gasteiger partial charge in [-0.05, 0) is 51.3 Å². The summed E-state index contributed by atoms with van der Waals surface area (Å²) in [6.45, 7) is 8.07. The molecule has 0 radical (unpaired) electrons. The Morgan fingerprint density at radius 1 is 1.18 bits per heavy atom. The molecule has 3 amide bonds. The van der Waals surface area contributed by atoms with Gasteiger partial charge >= 0.3 is 6.09 Å². The van der Waals surface area contributed by atoms with Crippen LogP contribution in [0.3, 0.4) is 0 Å². The number of rotatable bonds is 9. The SMILES string of the molecule is C=CCN(C(=O)C(CO)NC(=O)OC(C)(C)C)C(C(=O)NC1CCCCC1)c1ccc(O)cc1. The molecule has 9 heteroatoms. The zero-order valence-corrected chi connectivity index (χ0v) is 20.3. The highest BCUT2D eigenvalue weighted by Gasteiger charge is 2.36. The molecule has 0 aliphatic heterocycles. The summed E-state index contributed by atoms with van der Waals surface area (Å²) >= 11 is 0. The molecule has 1 fully saturated rings. The summed E-state index contributed by atoms with van der Waals surface area (Å²) in [7, 11) is 0. The maximum atomic E-state index is 13.5. The smallest absolute Gasteiger partial charge is 0.408 e. The second-order valence-electron chi connectivity index (χ2n) is 9.50. The molecule has 1 saturated carbocycles. The van der Waals surface area contributed by atoms with Crippen molar-refractivity contribution in [1.82, 2.24) is 15.5 Å². The number of ether oxygens (including phenoxy) is 1. The molecule has 9 nitrogen and oxygen atoms in total. The van der Waals surface area contributed by atoms with E-state index in [9.17, 15) is 24.6 Å². The molecule has 0 heterocycles. The lowest BCUT2D eigenvalue weighted by Crippen LogP contribution is -2.55. The Kier molecular flexibility index (Phi) is 9.92. The van der Waals surface area contributed by atoms with Crippen molar-refractivity contribution < 1.29 is 29.3 Å². The van der Waals surface area contributed by atoms with Crippen LogP contribution in [0, 0.1) is 0 Å². The lowest BCUT2D eigenvalue weighted by atomic mass is 9.94. The second kappa shape index (κ2) is 12.4. The molecule has 2 atom stereocenters. The minimum absolute atomic E-state index is 0.00500.